The molecule has 0 radical (unpaired) electrons. The molecule has 0 aliphatic carbocycles. The van der Waals surface area contributed by atoms with Crippen molar-refractivity contribution in [3.8, 4) is 17.2 Å². The standard InChI is InChI=1S/C18H17NO4/c1-2-5-13-6-3-4-7-15(13)21-11-18(20)19-14-8-9-16-17(10-14)23-12-22-16/h2-4,6-10H,1,5,11-12H2,(H,19,20). The molecule has 3 rings (SSSR count). The summed E-state index contributed by atoms with van der Waals surface area (Å²) in [5.41, 5.74) is 1.64. The smallest absolute Gasteiger partial charge is 0.262 e. The normalized spacial score (nSPS) is 11.8. The molecule has 0 unspecified atom stereocenters. The Morgan fingerprint density at radius 2 is 2.04 bits per heavy atom. The largest absolute Gasteiger partial charge is 0.483 e. The molecule has 2 aromatic carbocycles. The summed E-state index contributed by atoms with van der Waals surface area (Å²) in [7, 11) is 0. The highest BCUT2D eigenvalue weighted by Crippen LogP contribution is 2.34. The van der Waals surface area contributed by atoms with Gasteiger partial charge in [0.1, 0.15) is 5.75 Å². The second kappa shape index (κ2) is 6.87. The van der Waals surface area contributed by atoms with Gasteiger partial charge in [0.05, 0.1) is 0 Å². The van der Waals surface area contributed by atoms with E-state index in [2.05, 4.69) is 11.9 Å². The number of ether oxygens (including phenoxy) is 3. The predicted octanol–water partition coefficient (Wildman–Crippen LogP) is 3.16. The summed E-state index contributed by atoms with van der Waals surface area (Å²) >= 11 is 0. The quantitative estimate of drug-likeness (QED) is 0.833. The molecule has 1 N–H and O–H groups in total. The summed E-state index contributed by atoms with van der Waals surface area (Å²) in [6, 6.07) is 12.8. The maximum absolute atomic E-state index is 12.0. The summed E-state index contributed by atoms with van der Waals surface area (Å²) in [5.74, 6) is 1.75. The molecule has 23 heavy (non-hydrogen) atoms. The zero-order valence-corrected chi connectivity index (χ0v) is 12.6. The first-order valence-electron chi connectivity index (χ1n) is 7.27. The van der Waals surface area contributed by atoms with Crippen molar-refractivity contribution in [3.05, 3.63) is 60.7 Å². The van der Waals surface area contributed by atoms with Crippen molar-refractivity contribution in [1.29, 1.82) is 0 Å². The van der Waals surface area contributed by atoms with Gasteiger partial charge in [-0.3, -0.25) is 4.79 Å². The number of para-hydroxylation sites is 1. The van der Waals surface area contributed by atoms with Crippen molar-refractivity contribution in [2.75, 3.05) is 18.7 Å². The second-order valence-corrected chi connectivity index (χ2v) is 5.01. The highest BCUT2D eigenvalue weighted by Gasteiger charge is 2.14. The number of carbonyl (C=O) groups excluding carboxylic acids is 1. The number of amides is 1. The molecule has 0 spiro atoms. The number of allylic oxidation sites excluding steroid dienone is 1. The fraction of sp³-hybridized carbons (Fsp3) is 0.167. The molecular weight excluding hydrogens is 294 g/mol. The number of hydrogen-bond acceptors (Lipinski definition) is 4. The van der Waals surface area contributed by atoms with E-state index in [0.29, 0.717) is 29.4 Å². The van der Waals surface area contributed by atoms with Gasteiger partial charge in [-0.2, -0.15) is 0 Å². The molecule has 1 aliphatic heterocycles. The zero-order valence-electron chi connectivity index (χ0n) is 12.6. The first kappa shape index (κ1) is 15.0. The van der Waals surface area contributed by atoms with Crippen LogP contribution >= 0.6 is 0 Å². The Morgan fingerprint density at radius 1 is 1.22 bits per heavy atom. The van der Waals surface area contributed by atoms with E-state index >= 15 is 0 Å². The lowest BCUT2D eigenvalue weighted by Gasteiger charge is -2.11. The number of rotatable bonds is 6. The average molecular weight is 311 g/mol. The molecule has 1 aliphatic rings. The van der Waals surface area contributed by atoms with E-state index in [4.69, 9.17) is 14.2 Å². The molecule has 0 saturated carbocycles. The topological polar surface area (TPSA) is 56.8 Å². The van der Waals surface area contributed by atoms with Crippen molar-refractivity contribution in [2.45, 2.75) is 6.42 Å². The third-order valence-electron chi connectivity index (χ3n) is 3.35. The lowest BCUT2D eigenvalue weighted by Crippen LogP contribution is -2.20. The van der Waals surface area contributed by atoms with E-state index in [0.717, 1.165) is 5.56 Å². The summed E-state index contributed by atoms with van der Waals surface area (Å²) in [6.07, 6.45) is 2.49. The van der Waals surface area contributed by atoms with Crippen LogP contribution in [0, 0.1) is 0 Å². The summed E-state index contributed by atoms with van der Waals surface area (Å²) in [5, 5.41) is 2.77. The number of carbonyl (C=O) groups is 1. The van der Waals surface area contributed by atoms with Gasteiger partial charge in [-0.1, -0.05) is 24.3 Å². The van der Waals surface area contributed by atoms with Gasteiger partial charge in [0, 0.05) is 11.8 Å². The number of hydrogen-bond donors (Lipinski definition) is 1. The van der Waals surface area contributed by atoms with Gasteiger partial charge >= 0.3 is 0 Å². The van der Waals surface area contributed by atoms with E-state index in [1.54, 1.807) is 24.3 Å². The minimum absolute atomic E-state index is 0.0669. The molecule has 0 atom stereocenters. The lowest BCUT2D eigenvalue weighted by molar-refractivity contribution is -0.118. The summed E-state index contributed by atoms with van der Waals surface area (Å²) in [6.45, 7) is 3.86. The molecule has 0 saturated heterocycles. The average Bonchev–Trinajstić information content (AvgIpc) is 3.02. The number of anilines is 1. The van der Waals surface area contributed by atoms with Gasteiger partial charge < -0.3 is 19.5 Å². The van der Waals surface area contributed by atoms with Crippen LogP contribution in [0.2, 0.25) is 0 Å². The molecule has 5 heteroatoms. The van der Waals surface area contributed by atoms with Crippen molar-refractivity contribution >= 4 is 11.6 Å². The first-order valence-corrected chi connectivity index (χ1v) is 7.27. The Bertz CT molecular complexity index is 727. The fourth-order valence-electron chi connectivity index (χ4n) is 2.28. The number of fused-ring (bicyclic) bond motifs is 1. The van der Waals surface area contributed by atoms with Crippen LogP contribution in [0.25, 0.3) is 0 Å². The fourth-order valence-corrected chi connectivity index (χ4v) is 2.28. The van der Waals surface area contributed by atoms with E-state index in [-0.39, 0.29) is 19.3 Å². The first-order chi connectivity index (χ1) is 11.3. The molecule has 5 nitrogen and oxygen atoms in total. The van der Waals surface area contributed by atoms with Gasteiger partial charge in [0.25, 0.3) is 5.91 Å². The van der Waals surface area contributed by atoms with Crippen molar-refractivity contribution < 1.29 is 19.0 Å². The van der Waals surface area contributed by atoms with Crippen LogP contribution < -0.4 is 19.5 Å². The maximum Gasteiger partial charge on any atom is 0.262 e. The van der Waals surface area contributed by atoms with Crippen LogP contribution in [-0.4, -0.2) is 19.3 Å². The minimum Gasteiger partial charge on any atom is -0.483 e. The van der Waals surface area contributed by atoms with Crippen LogP contribution in [0.1, 0.15) is 5.56 Å². The Labute approximate surface area is 134 Å². The molecule has 0 bridgehead atoms. The highest BCUT2D eigenvalue weighted by atomic mass is 16.7. The van der Waals surface area contributed by atoms with Crippen molar-refractivity contribution in [3.63, 3.8) is 0 Å². The van der Waals surface area contributed by atoms with E-state index in [1.807, 2.05) is 24.3 Å². The second-order valence-electron chi connectivity index (χ2n) is 5.01. The predicted molar refractivity (Wildman–Crippen MR) is 87.0 cm³/mol. The van der Waals surface area contributed by atoms with Gasteiger partial charge in [-0.15, -0.1) is 6.58 Å². The minimum atomic E-state index is -0.239. The van der Waals surface area contributed by atoms with Crippen LogP contribution in [0.15, 0.2) is 55.1 Å². The SMILES string of the molecule is C=CCc1ccccc1OCC(=O)Nc1ccc2c(c1)OCO2. The van der Waals surface area contributed by atoms with Crippen LogP contribution in [0.4, 0.5) is 5.69 Å². The van der Waals surface area contributed by atoms with Gasteiger partial charge in [-0.05, 0) is 30.2 Å². The van der Waals surface area contributed by atoms with Gasteiger partial charge in [0.15, 0.2) is 18.1 Å². The highest BCUT2D eigenvalue weighted by molar-refractivity contribution is 5.92. The molecular formula is C18H17NO4. The summed E-state index contributed by atoms with van der Waals surface area (Å²) < 4.78 is 16.1. The Hall–Kier alpha value is -2.95. The molecule has 1 amide bonds. The third kappa shape index (κ3) is 3.63. The Kier molecular flexibility index (Phi) is 4.47. The summed E-state index contributed by atoms with van der Waals surface area (Å²) in [4.78, 5) is 12.0. The van der Waals surface area contributed by atoms with Crippen LogP contribution in [0.3, 0.4) is 0 Å². The van der Waals surface area contributed by atoms with Crippen molar-refractivity contribution in [2.24, 2.45) is 0 Å². The number of nitrogens with one attached hydrogen (secondary N) is 1. The molecule has 1 heterocycles. The number of benzene rings is 2. The van der Waals surface area contributed by atoms with Gasteiger partial charge in [-0.25, -0.2) is 0 Å². The Morgan fingerprint density at radius 3 is 2.91 bits per heavy atom. The van der Waals surface area contributed by atoms with Gasteiger partial charge in [0.2, 0.25) is 6.79 Å². The molecule has 2 aromatic rings. The Balaban J connectivity index is 1.59. The monoisotopic (exact) mass is 311 g/mol. The van der Waals surface area contributed by atoms with E-state index in [9.17, 15) is 4.79 Å². The molecule has 0 aromatic heterocycles. The van der Waals surface area contributed by atoms with Crippen molar-refractivity contribution in [1.82, 2.24) is 0 Å². The zero-order chi connectivity index (χ0) is 16.1. The van der Waals surface area contributed by atoms with Crippen LogP contribution in [-0.2, 0) is 11.2 Å². The maximum atomic E-state index is 12.0. The molecule has 118 valence electrons. The van der Waals surface area contributed by atoms with E-state index < -0.39 is 0 Å². The lowest BCUT2D eigenvalue weighted by atomic mass is 10.1. The third-order valence-corrected chi connectivity index (χ3v) is 3.35. The molecule has 0 fully saturated rings. The van der Waals surface area contributed by atoms with Crippen LogP contribution in [0.5, 0.6) is 17.2 Å². The van der Waals surface area contributed by atoms with E-state index in [1.165, 1.54) is 0 Å².